The van der Waals surface area contributed by atoms with Gasteiger partial charge in [0, 0.05) is 9.35 Å². The van der Waals surface area contributed by atoms with Gasteiger partial charge in [-0.15, -0.1) is 11.3 Å². The van der Waals surface area contributed by atoms with E-state index >= 15 is 0 Å². The van der Waals surface area contributed by atoms with E-state index < -0.39 is 5.91 Å². The van der Waals surface area contributed by atoms with Crippen molar-refractivity contribution in [2.24, 2.45) is 5.73 Å². The van der Waals surface area contributed by atoms with E-state index in [0.717, 1.165) is 44.2 Å². The molecule has 1 aliphatic carbocycles. The lowest BCUT2D eigenvalue weighted by atomic mass is 10.1. The fourth-order valence-electron chi connectivity index (χ4n) is 2.93. The molecule has 0 saturated carbocycles. The number of thiophene rings is 1. The highest BCUT2D eigenvalue weighted by molar-refractivity contribution is 9.11. The van der Waals surface area contributed by atoms with Crippen LogP contribution in [0.5, 0.6) is 5.75 Å². The van der Waals surface area contributed by atoms with Crippen molar-refractivity contribution in [3.8, 4) is 5.75 Å². The minimum atomic E-state index is -0.498. The van der Waals surface area contributed by atoms with Crippen LogP contribution in [0.4, 0.5) is 5.00 Å². The molecule has 0 fully saturated rings. The molecular formula is C17H16Br2N2O3S. The number of rotatable bonds is 5. The molecule has 2 aromatic rings. The first-order valence-corrected chi connectivity index (χ1v) is 10.1. The Hall–Kier alpha value is -1.38. The normalized spacial score (nSPS) is 12.8. The van der Waals surface area contributed by atoms with Gasteiger partial charge in [0.05, 0.1) is 10.0 Å². The molecule has 0 atom stereocenters. The van der Waals surface area contributed by atoms with Crippen LogP contribution < -0.4 is 15.8 Å². The lowest BCUT2D eigenvalue weighted by Crippen LogP contribution is -2.22. The molecule has 1 aliphatic rings. The van der Waals surface area contributed by atoms with E-state index in [4.69, 9.17) is 10.5 Å². The van der Waals surface area contributed by atoms with E-state index in [9.17, 15) is 9.59 Å². The van der Waals surface area contributed by atoms with Crippen LogP contribution in [0.15, 0.2) is 21.1 Å². The van der Waals surface area contributed by atoms with Crippen molar-refractivity contribution in [1.82, 2.24) is 0 Å². The lowest BCUT2D eigenvalue weighted by Gasteiger charge is -2.12. The minimum Gasteiger partial charge on any atom is -0.482 e. The standard InChI is InChI=1S/C17H16Br2N2O3S/c1-8-5-9(18)6-11(19)15(8)24-7-13(22)21-17-14(16(20)23)10-3-2-4-12(10)25-17/h5-6H,2-4,7H2,1H3,(H2,20,23)(H,21,22). The van der Waals surface area contributed by atoms with Gasteiger partial charge in [-0.3, -0.25) is 9.59 Å². The molecule has 25 heavy (non-hydrogen) atoms. The molecule has 3 rings (SSSR count). The third-order valence-electron chi connectivity index (χ3n) is 3.96. The zero-order valence-corrected chi connectivity index (χ0v) is 17.4. The van der Waals surface area contributed by atoms with Crippen LogP contribution in [0.1, 0.15) is 32.8 Å². The summed E-state index contributed by atoms with van der Waals surface area (Å²) in [5, 5.41) is 3.30. The molecule has 1 aromatic heterocycles. The summed E-state index contributed by atoms with van der Waals surface area (Å²) in [5.74, 6) is -0.207. The molecular weight excluding hydrogens is 472 g/mol. The van der Waals surface area contributed by atoms with Gasteiger partial charge in [0.25, 0.3) is 11.8 Å². The minimum absolute atomic E-state index is 0.151. The zero-order valence-electron chi connectivity index (χ0n) is 13.4. The summed E-state index contributed by atoms with van der Waals surface area (Å²) >= 11 is 8.27. The van der Waals surface area contributed by atoms with Crippen LogP contribution in [-0.2, 0) is 17.6 Å². The Kier molecular flexibility index (Phi) is 5.50. The highest BCUT2D eigenvalue weighted by Crippen LogP contribution is 2.39. The van der Waals surface area contributed by atoms with Crippen molar-refractivity contribution >= 4 is 60.0 Å². The number of aryl methyl sites for hydroxylation is 2. The van der Waals surface area contributed by atoms with Crippen LogP contribution in [0.2, 0.25) is 0 Å². The molecule has 132 valence electrons. The number of halogens is 2. The van der Waals surface area contributed by atoms with Crippen molar-refractivity contribution in [1.29, 1.82) is 0 Å². The molecule has 0 bridgehead atoms. The van der Waals surface area contributed by atoms with Crippen molar-refractivity contribution in [2.45, 2.75) is 26.2 Å². The number of carbonyl (C=O) groups is 2. The smallest absolute Gasteiger partial charge is 0.262 e. The van der Waals surface area contributed by atoms with Crippen molar-refractivity contribution in [3.63, 3.8) is 0 Å². The molecule has 3 N–H and O–H groups in total. The zero-order chi connectivity index (χ0) is 18.1. The summed E-state index contributed by atoms with van der Waals surface area (Å²) in [6, 6.07) is 3.77. The van der Waals surface area contributed by atoms with Gasteiger partial charge in [0.2, 0.25) is 0 Å². The van der Waals surface area contributed by atoms with E-state index in [1.807, 2.05) is 19.1 Å². The summed E-state index contributed by atoms with van der Waals surface area (Å²) in [7, 11) is 0. The molecule has 0 saturated heterocycles. The summed E-state index contributed by atoms with van der Waals surface area (Å²) < 4.78 is 7.33. The van der Waals surface area contributed by atoms with E-state index in [2.05, 4.69) is 37.2 Å². The summed E-state index contributed by atoms with van der Waals surface area (Å²) in [6.45, 7) is 1.75. The maximum atomic E-state index is 12.3. The second-order valence-electron chi connectivity index (χ2n) is 5.80. The molecule has 0 aliphatic heterocycles. The number of benzene rings is 1. The first kappa shape index (κ1) is 18.4. The summed E-state index contributed by atoms with van der Waals surface area (Å²) in [4.78, 5) is 25.2. The Morgan fingerprint density at radius 1 is 1.32 bits per heavy atom. The molecule has 0 radical (unpaired) electrons. The maximum Gasteiger partial charge on any atom is 0.262 e. The number of fused-ring (bicyclic) bond motifs is 1. The topological polar surface area (TPSA) is 81.4 Å². The first-order chi connectivity index (χ1) is 11.9. The average molecular weight is 488 g/mol. The average Bonchev–Trinajstić information content (AvgIpc) is 3.05. The molecule has 1 aromatic carbocycles. The van der Waals surface area contributed by atoms with Crippen LogP contribution in [0.25, 0.3) is 0 Å². The Morgan fingerprint density at radius 2 is 2.08 bits per heavy atom. The van der Waals surface area contributed by atoms with Crippen molar-refractivity contribution < 1.29 is 14.3 Å². The van der Waals surface area contributed by atoms with Crippen LogP contribution in [0.3, 0.4) is 0 Å². The highest BCUT2D eigenvalue weighted by Gasteiger charge is 2.26. The van der Waals surface area contributed by atoms with Gasteiger partial charge in [0.15, 0.2) is 6.61 Å². The number of anilines is 1. The van der Waals surface area contributed by atoms with Gasteiger partial charge in [-0.05, 0) is 65.4 Å². The third kappa shape index (κ3) is 3.91. The van der Waals surface area contributed by atoms with E-state index in [1.54, 1.807) is 0 Å². The highest BCUT2D eigenvalue weighted by atomic mass is 79.9. The van der Waals surface area contributed by atoms with Crippen molar-refractivity contribution in [2.75, 3.05) is 11.9 Å². The van der Waals surface area contributed by atoms with Gasteiger partial charge in [0.1, 0.15) is 10.8 Å². The van der Waals surface area contributed by atoms with Gasteiger partial charge >= 0.3 is 0 Å². The largest absolute Gasteiger partial charge is 0.482 e. The predicted molar refractivity (Wildman–Crippen MR) is 106 cm³/mol. The van der Waals surface area contributed by atoms with Gasteiger partial charge in [-0.2, -0.15) is 0 Å². The number of ether oxygens (including phenoxy) is 1. The Balaban J connectivity index is 1.71. The summed E-state index contributed by atoms with van der Waals surface area (Å²) in [6.07, 6.45) is 2.79. The molecule has 8 heteroatoms. The maximum absolute atomic E-state index is 12.3. The fraction of sp³-hybridized carbons (Fsp3) is 0.294. The molecule has 2 amide bonds. The van der Waals surface area contributed by atoms with E-state index in [1.165, 1.54) is 11.3 Å². The Labute approximate surface area is 166 Å². The molecule has 0 unspecified atom stereocenters. The Morgan fingerprint density at radius 3 is 2.76 bits per heavy atom. The second-order valence-corrected chi connectivity index (χ2v) is 8.67. The number of nitrogens with one attached hydrogen (secondary N) is 1. The fourth-order valence-corrected chi connectivity index (χ4v) is 5.79. The predicted octanol–water partition coefficient (Wildman–Crippen LogP) is 4.19. The van der Waals surface area contributed by atoms with Crippen molar-refractivity contribution in [3.05, 3.63) is 42.6 Å². The first-order valence-electron chi connectivity index (χ1n) is 7.69. The van der Waals surface area contributed by atoms with Crippen LogP contribution in [-0.4, -0.2) is 18.4 Å². The third-order valence-corrected chi connectivity index (χ3v) is 6.22. The van der Waals surface area contributed by atoms with Gasteiger partial charge in [-0.1, -0.05) is 15.9 Å². The lowest BCUT2D eigenvalue weighted by molar-refractivity contribution is -0.118. The van der Waals surface area contributed by atoms with E-state index in [-0.39, 0.29) is 12.5 Å². The monoisotopic (exact) mass is 486 g/mol. The number of carbonyl (C=O) groups excluding carboxylic acids is 2. The number of hydrogen-bond donors (Lipinski definition) is 2. The number of primary amides is 1. The van der Waals surface area contributed by atoms with Gasteiger partial charge in [-0.25, -0.2) is 0 Å². The molecule has 5 nitrogen and oxygen atoms in total. The molecule has 0 spiro atoms. The van der Waals surface area contributed by atoms with Crippen LogP contribution in [0, 0.1) is 6.92 Å². The summed E-state index contributed by atoms with van der Waals surface area (Å²) in [5.41, 5.74) is 7.84. The SMILES string of the molecule is Cc1cc(Br)cc(Br)c1OCC(=O)Nc1sc2c(c1C(N)=O)CCC2. The number of nitrogens with two attached hydrogens (primary N) is 1. The quantitative estimate of drug-likeness (QED) is 0.663. The van der Waals surface area contributed by atoms with Crippen LogP contribution >= 0.6 is 43.2 Å². The van der Waals surface area contributed by atoms with Gasteiger partial charge < -0.3 is 15.8 Å². The second kappa shape index (κ2) is 7.47. The molecule has 1 heterocycles. The van der Waals surface area contributed by atoms with E-state index in [0.29, 0.717) is 16.3 Å². The number of amides is 2. The number of hydrogen-bond acceptors (Lipinski definition) is 4. The Bertz CT molecular complexity index is 841.